The Kier molecular flexibility index (Phi) is 5.20. The summed E-state index contributed by atoms with van der Waals surface area (Å²) in [5.74, 6) is -1.13. The molecule has 2 atom stereocenters. The van der Waals surface area contributed by atoms with Gasteiger partial charge < -0.3 is 10.5 Å². The molecule has 19 heavy (non-hydrogen) atoms. The number of esters is 1. The van der Waals surface area contributed by atoms with Crippen molar-refractivity contribution < 1.29 is 18.8 Å². The van der Waals surface area contributed by atoms with Gasteiger partial charge in [-0.3, -0.25) is 10.1 Å². The first-order valence-electron chi connectivity index (χ1n) is 5.38. The minimum absolute atomic E-state index is 0.00857. The summed E-state index contributed by atoms with van der Waals surface area (Å²) in [6.07, 6.45) is -2.14. The number of alkyl halides is 1. The van der Waals surface area contributed by atoms with Gasteiger partial charge in [0, 0.05) is 17.2 Å². The van der Waals surface area contributed by atoms with Crippen molar-refractivity contribution in [2.24, 2.45) is 5.73 Å². The number of ether oxygens (including phenoxy) is 1. The average Bonchev–Trinajstić information content (AvgIpc) is 2.37. The molecule has 0 saturated carbocycles. The molecule has 0 aliphatic rings. The van der Waals surface area contributed by atoms with E-state index in [4.69, 9.17) is 17.3 Å². The Balaban J connectivity index is 3.04. The molecule has 6 nitrogen and oxygen atoms in total. The summed E-state index contributed by atoms with van der Waals surface area (Å²) in [6.45, 7) is 1.53. The number of hydrogen-bond donors (Lipinski definition) is 1. The first-order valence-corrected chi connectivity index (χ1v) is 5.76. The molecule has 0 amide bonds. The Hall–Kier alpha value is -1.73. The molecule has 2 N–H and O–H groups in total. The van der Waals surface area contributed by atoms with Crippen LogP contribution in [0, 0.1) is 10.1 Å². The zero-order valence-electron chi connectivity index (χ0n) is 10.0. The molecule has 0 heterocycles. The lowest BCUT2D eigenvalue weighted by molar-refractivity contribution is -0.384. The number of nitro groups is 1. The second-order valence-corrected chi connectivity index (χ2v) is 4.05. The molecule has 8 heteroatoms. The molecule has 104 valence electrons. The first-order chi connectivity index (χ1) is 8.88. The lowest BCUT2D eigenvalue weighted by atomic mass is 10.0. The van der Waals surface area contributed by atoms with Gasteiger partial charge in [0.2, 0.25) is 6.17 Å². The third-order valence-electron chi connectivity index (χ3n) is 2.38. The molecule has 1 aromatic rings. The third-order valence-corrected chi connectivity index (χ3v) is 2.72. The number of hydrogen-bond acceptors (Lipinski definition) is 5. The summed E-state index contributed by atoms with van der Waals surface area (Å²) in [5.41, 5.74) is 5.25. The minimum Gasteiger partial charge on any atom is -0.464 e. The summed E-state index contributed by atoms with van der Waals surface area (Å²) in [4.78, 5) is 21.2. The van der Waals surface area contributed by atoms with Crippen molar-refractivity contribution in [2.45, 2.75) is 19.1 Å². The highest BCUT2D eigenvalue weighted by atomic mass is 35.5. The SMILES string of the molecule is CCOC(=O)C(F)[C@@H](N)c1cc([N+](=O)[O-])ccc1Cl. The van der Waals surface area contributed by atoms with E-state index < -0.39 is 23.1 Å². The quantitative estimate of drug-likeness (QED) is 0.509. The Morgan fingerprint density at radius 1 is 1.63 bits per heavy atom. The van der Waals surface area contributed by atoms with Crippen LogP contribution in [0.25, 0.3) is 0 Å². The van der Waals surface area contributed by atoms with Crippen molar-refractivity contribution >= 4 is 23.3 Å². The molecule has 0 aromatic heterocycles. The summed E-state index contributed by atoms with van der Waals surface area (Å²) >= 11 is 5.80. The third kappa shape index (κ3) is 3.62. The second kappa shape index (κ2) is 6.44. The van der Waals surface area contributed by atoms with Crippen LogP contribution in [0.4, 0.5) is 10.1 Å². The Morgan fingerprint density at radius 3 is 2.79 bits per heavy atom. The van der Waals surface area contributed by atoms with Crippen LogP contribution >= 0.6 is 11.6 Å². The fourth-order valence-electron chi connectivity index (χ4n) is 1.43. The normalized spacial score (nSPS) is 13.7. The van der Waals surface area contributed by atoms with Crippen molar-refractivity contribution in [1.29, 1.82) is 0 Å². The summed E-state index contributed by atoms with van der Waals surface area (Å²) < 4.78 is 18.2. The number of carbonyl (C=O) groups excluding carboxylic acids is 1. The molecule has 0 spiro atoms. The maximum absolute atomic E-state index is 13.7. The van der Waals surface area contributed by atoms with E-state index in [1.807, 2.05) is 0 Å². The molecular weight excluding hydrogens is 279 g/mol. The van der Waals surface area contributed by atoms with Gasteiger partial charge in [-0.25, -0.2) is 9.18 Å². The van der Waals surface area contributed by atoms with E-state index in [0.717, 1.165) is 12.1 Å². The highest BCUT2D eigenvalue weighted by Gasteiger charge is 2.30. The van der Waals surface area contributed by atoms with E-state index in [9.17, 15) is 19.3 Å². The van der Waals surface area contributed by atoms with Crippen LogP contribution in [0.3, 0.4) is 0 Å². The van der Waals surface area contributed by atoms with Crippen LogP contribution in [-0.2, 0) is 9.53 Å². The van der Waals surface area contributed by atoms with Gasteiger partial charge in [-0.2, -0.15) is 0 Å². The van der Waals surface area contributed by atoms with Crippen LogP contribution in [0.5, 0.6) is 0 Å². The molecular formula is C11H12ClFN2O4. The average molecular weight is 291 g/mol. The molecule has 1 aromatic carbocycles. The molecule has 0 aliphatic heterocycles. The lowest BCUT2D eigenvalue weighted by Gasteiger charge is -2.16. The molecule has 0 saturated heterocycles. The number of nitrogens with two attached hydrogens (primary N) is 1. The zero-order chi connectivity index (χ0) is 14.6. The molecule has 1 unspecified atom stereocenters. The number of rotatable bonds is 5. The van der Waals surface area contributed by atoms with Gasteiger partial charge in [0.05, 0.1) is 17.6 Å². The predicted molar refractivity (Wildman–Crippen MR) is 66.6 cm³/mol. The number of nitrogens with zero attached hydrogens (tertiary/aromatic N) is 1. The summed E-state index contributed by atoms with van der Waals surface area (Å²) in [7, 11) is 0. The Labute approximate surface area is 113 Å². The van der Waals surface area contributed by atoms with Gasteiger partial charge in [0.1, 0.15) is 0 Å². The maximum atomic E-state index is 13.7. The van der Waals surface area contributed by atoms with Crippen LogP contribution in [0.2, 0.25) is 5.02 Å². The van der Waals surface area contributed by atoms with Gasteiger partial charge in [-0.1, -0.05) is 11.6 Å². The van der Waals surface area contributed by atoms with Crippen LogP contribution in [0.1, 0.15) is 18.5 Å². The highest BCUT2D eigenvalue weighted by Crippen LogP contribution is 2.29. The van der Waals surface area contributed by atoms with Gasteiger partial charge in [0.25, 0.3) is 5.69 Å². The topological polar surface area (TPSA) is 95.5 Å². The standard InChI is InChI=1S/C11H12ClFN2O4/c1-2-19-11(16)9(13)10(14)7-5-6(15(17)18)3-4-8(7)12/h3-5,9-10H,2,14H2,1H3/t9?,10-/m0/s1. The van der Waals surface area contributed by atoms with Crippen molar-refractivity contribution in [3.8, 4) is 0 Å². The van der Waals surface area contributed by atoms with Crippen LogP contribution < -0.4 is 5.73 Å². The van der Waals surface area contributed by atoms with E-state index in [-0.39, 0.29) is 22.9 Å². The molecule has 0 radical (unpaired) electrons. The van der Waals surface area contributed by atoms with E-state index in [1.165, 1.54) is 13.0 Å². The number of nitro benzene ring substituents is 1. The smallest absolute Gasteiger partial charge is 0.342 e. The molecule has 0 bridgehead atoms. The van der Waals surface area contributed by atoms with Crippen molar-refractivity contribution in [3.05, 3.63) is 38.9 Å². The number of benzene rings is 1. The largest absolute Gasteiger partial charge is 0.464 e. The van der Waals surface area contributed by atoms with Gasteiger partial charge in [0.15, 0.2) is 0 Å². The molecule has 0 fully saturated rings. The van der Waals surface area contributed by atoms with E-state index >= 15 is 0 Å². The van der Waals surface area contributed by atoms with E-state index in [2.05, 4.69) is 4.74 Å². The van der Waals surface area contributed by atoms with Crippen molar-refractivity contribution in [3.63, 3.8) is 0 Å². The number of halogens is 2. The maximum Gasteiger partial charge on any atom is 0.342 e. The van der Waals surface area contributed by atoms with Gasteiger partial charge in [-0.05, 0) is 18.6 Å². The minimum atomic E-state index is -2.14. The number of non-ortho nitro benzene ring substituents is 1. The van der Waals surface area contributed by atoms with Crippen molar-refractivity contribution in [2.75, 3.05) is 6.61 Å². The lowest BCUT2D eigenvalue weighted by Crippen LogP contribution is -2.31. The molecule has 1 rings (SSSR count). The van der Waals surface area contributed by atoms with E-state index in [1.54, 1.807) is 0 Å². The van der Waals surface area contributed by atoms with Gasteiger partial charge in [-0.15, -0.1) is 0 Å². The molecule has 0 aliphatic carbocycles. The zero-order valence-corrected chi connectivity index (χ0v) is 10.8. The van der Waals surface area contributed by atoms with Crippen LogP contribution in [0.15, 0.2) is 18.2 Å². The summed E-state index contributed by atoms with van der Waals surface area (Å²) in [5, 5.41) is 10.7. The summed E-state index contributed by atoms with van der Waals surface area (Å²) in [6, 6.07) is 2.01. The fraction of sp³-hybridized carbons (Fsp3) is 0.364. The first kappa shape index (κ1) is 15.3. The van der Waals surface area contributed by atoms with Crippen molar-refractivity contribution in [1.82, 2.24) is 0 Å². The van der Waals surface area contributed by atoms with Crippen LogP contribution in [-0.4, -0.2) is 23.7 Å². The second-order valence-electron chi connectivity index (χ2n) is 3.64. The monoisotopic (exact) mass is 290 g/mol. The number of carbonyl (C=O) groups is 1. The highest BCUT2D eigenvalue weighted by molar-refractivity contribution is 6.31. The fourth-order valence-corrected chi connectivity index (χ4v) is 1.67. The Bertz CT molecular complexity index is 498. The Morgan fingerprint density at radius 2 is 2.26 bits per heavy atom. The van der Waals surface area contributed by atoms with E-state index in [0.29, 0.717) is 0 Å². The van der Waals surface area contributed by atoms with Gasteiger partial charge >= 0.3 is 5.97 Å². The predicted octanol–water partition coefficient (Wildman–Crippen LogP) is 2.15.